The molecule has 2 aliphatic heterocycles. The van der Waals surface area contributed by atoms with E-state index in [4.69, 9.17) is 9.47 Å². The van der Waals surface area contributed by atoms with E-state index in [1.54, 1.807) is 17.0 Å². The molecule has 1 amide bonds. The Morgan fingerprint density at radius 1 is 1.26 bits per heavy atom. The summed E-state index contributed by atoms with van der Waals surface area (Å²) in [4.78, 5) is 14.7. The number of morpholine rings is 1. The van der Waals surface area contributed by atoms with Crippen LogP contribution in [0.15, 0.2) is 23.1 Å². The molecule has 2 aliphatic rings. The Morgan fingerprint density at radius 3 is 2.59 bits per heavy atom. The number of ether oxygens (including phenoxy) is 2. The second-order valence-corrected chi connectivity index (χ2v) is 8.34. The fourth-order valence-corrected chi connectivity index (χ4v) is 4.84. The third-order valence-electron chi connectivity index (χ3n) is 4.76. The zero-order chi connectivity index (χ0) is 18.7. The van der Waals surface area contributed by atoms with E-state index in [-0.39, 0.29) is 35.0 Å². The summed E-state index contributed by atoms with van der Waals surface area (Å²) in [7, 11) is -2.34. The molecule has 0 aliphatic carbocycles. The van der Waals surface area contributed by atoms with Crippen LogP contribution in [0.1, 0.15) is 17.3 Å². The van der Waals surface area contributed by atoms with Crippen LogP contribution in [0.5, 0.6) is 5.75 Å². The first kappa shape index (κ1) is 21.9. The van der Waals surface area contributed by atoms with Gasteiger partial charge in [-0.1, -0.05) is 0 Å². The van der Waals surface area contributed by atoms with E-state index in [0.29, 0.717) is 38.4 Å². The lowest BCUT2D eigenvalue weighted by Gasteiger charge is -2.34. The molecule has 0 saturated carbocycles. The van der Waals surface area contributed by atoms with E-state index < -0.39 is 10.0 Å². The summed E-state index contributed by atoms with van der Waals surface area (Å²) in [5.74, 6) is 0.0708. The average molecular weight is 420 g/mol. The average Bonchev–Trinajstić information content (AvgIpc) is 2.68. The molecule has 3 rings (SSSR count). The summed E-state index contributed by atoms with van der Waals surface area (Å²) < 4.78 is 37.9. The topological polar surface area (TPSA) is 88.2 Å². The van der Waals surface area contributed by atoms with E-state index in [2.05, 4.69) is 5.32 Å². The lowest BCUT2D eigenvalue weighted by atomic mass is 10.1. The number of nitrogens with zero attached hydrogens (tertiary/aromatic N) is 2. The Morgan fingerprint density at radius 2 is 1.96 bits per heavy atom. The van der Waals surface area contributed by atoms with Gasteiger partial charge in [0.1, 0.15) is 10.6 Å². The maximum atomic E-state index is 13.0. The molecule has 0 radical (unpaired) electrons. The van der Waals surface area contributed by atoms with E-state index >= 15 is 0 Å². The second-order valence-electron chi connectivity index (χ2n) is 6.43. The van der Waals surface area contributed by atoms with Crippen molar-refractivity contribution in [2.24, 2.45) is 0 Å². The Balaban J connectivity index is 0.00000261. The molecule has 10 heteroatoms. The Labute approximate surface area is 166 Å². The molecule has 2 heterocycles. The highest BCUT2D eigenvalue weighted by molar-refractivity contribution is 7.89. The maximum absolute atomic E-state index is 13.0. The highest BCUT2D eigenvalue weighted by Crippen LogP contribution is 2.29. The Bertz CT molecular complexity index is 768. The minimum absolute atomic E-state index is 0. The minimum atomic E-state index is -3.76. The minimum Gasteiger partial charge on any atom is -0.495 e. The molecule has 1 N–H and O–H groups in total. The van der Waals surface area contributed by atoms with Crippen molar-refractivity contribution >= 4 is 28.3 Å². The highest BCUT2D eigenvalue weighted by Gasteiger charge is 2.31. The van der Waals surface area contributed by atoms with Gasteiger partial charge in [-0.25, -0.2) is 8.42 Å². The number of hydrogen-bond acceptors (Lipinski definition) is 6. The van der Waals surface area contributed by atoms with Gasteiger partial charge in [0.2, 0.25) is 10.0 Å². The predicted octanol–water partition coefficient (Wildman–Crippen LogP) is 0.572. The van der Waals surface area contributed by atoms with Crippen molar-refractivity contribution in [2.45, 2.75) is 17.9 Å². The SMILES string of the molecule is COc1ccc(C(=O)N2CCNCC2C)cc1S(=O)(=O)N1CCOCC1.Cl. The van der Waals surface area contributed by atoms with Crippen molar-refractivity contribution in [1.29, 1.82) is 0 Å². The molecule has 1 aromatic carbocycles. The molecular weight excluding hydrogens is 394 g/mol. The van der Waals surface area contributed by atoms with Crippen LogP contribution in [0.3, 0.4) is 0 Å². The van der Waals surface area contributed by atoms with Crippen LogP contribution in [0.4, 0.5) is 0 Å². The molecule has 27 heavy (non-hydrogen) atoms. The van der Waals surface area contributed by atoms with Crippen LogP contribution in [-0.2, 0) is 14.8 Å². The number of methoxy groups -OCH3 is 1. The Kier molecular flexibility index (Phi) is 7.47. The van der Waals surface area contributed by atoms with Gasteiger partial charge in [0.25, 0.3) is 5.91 Å². The number of hydrogen-bond donors (Lipinski definition) is 1. The van der Waals surface area contributed by atoms with Crippen molar-refractivity contribution in [1.82, 2.24) is 14.5 Å². The fourth-order valence-electron chi connectivity index (χ4n) is 3.25. The highest BCUT2D eigenvalue weighted by atomic mass is 35.5. The molecule has 2 saturated heterocycles. The normalized spacial score (nSPS) is 21.4. The number of amides is 1. The van der Waals surface area contributed by atoms with Gasteiger partial charge in [0.15, 0.2) is 0 Å². The quantitative estimate of drug-likeness (QED) is 0.767. The van der Waals surface area contributed by atoms with Crippen molar-refractivity contribution < 1.29 is 22.7 Å². The van der Waals surface area contributed by atoms with Gasteiger partial charge >= 0.3 is 0 Å². The lowest BCUT2D eigenvalue weighted by Crippen LogP contribution is -2.52. The van der Waals surface area contributed by atoms with Gasteiger partial charge in [-0.05, 0) is 25.1 Å². The molecule has 1 unspecified atom stereocenters. The Hall–Kier alpha value is -1.39. The summed E-state index contributed by atoms with van der Waals surface area (Å²) in [6.45, 7) is 5.32. The summed E-state index contributed by atoms with van der Waals surface area (Å²) in [6.07, 6.45) is 0. The first-order valence-corrected chi connectivity index (χ1v) is 10.2. The monoisotopic (exact) mass is 419 g/mol. The molecule has 1 aromatic rings. The van der Waals surface area contributed by atoms with E-state index in [0.717, 1.165) is 13.1 Å². The van der Waals surface area contributed by atoms with Crippen molar-refractivity contribution in [3.63, 3.8) is 0 Å². The lowest BCUT2D eigenvalue weighted by molar-refractivity contribution is 0.0655. The molecular formula is C17H26ClN3O5S. The van der Waals surface area contributed by atoms with E-state index in [9.17, 15) is 13.2 Å². The van der Waals surface area contributed by atoms with Gasteiger partial charge in [-0.3, -0.25) is 4.79 Å². The third-order valence-corrected chi connectivity index (χ3v) is 6.68. The third kappa shape index (κ3) is 4.55. The van der Waals surface area contributed by atoms with Crippen molar-refractivity contribution in [3.05, 3.63) is 23.8 Å². The zero-order valence-corrected chi connectivity index (χ0v) is 17.1. The first-order chi connectivity index (χ1) is 12.4. The number of piperazine rings is 1. The number of benzene rings is 1. The maximum Gasteiger partial charge on any atom is 0.254 e. The largest absolute Gasteiger partial charge is 0.495 e. The van der Waals surface area contributed by atoms with Gasteiger partial charge in [-0.15, -0.1) is 12.4 Å². The fraction of sp³-hybridized carbons (Fsp3) is 0.588. The van der Waals surface area contributed by atoms with Gasteiger partial charge < -0.3 is 19.7 Å². The number of sulfonamides is 1. The van der Waals surface area contributed by atoms with Crippen LogP contribution in [0, 0.1) is 0 Å². The molecule has 0 aromatic heterocycles. The second kappa shape index (κ2) is 9.20. The smallest absolute Gasteiger partial charge is 0.254 e. The van der Waals surface area contributed by atoms with Gasteiger partial charge in [0.05, 0.1) is 20.3 Å². The van der Waals surface area contributed by atoms with Crippen molar-refractivity contribution in [3.8, 4) is 5.75 Å². The van der Waals surface area contributed by atoms with Crippen LogP contribution >= 0.6 is 12.4 Å². The van der Waals surface area contributed by atoms with Gasteiger partial charge in [0, 0.05) is 44.3 Å². The van der Waals surface area contributed by atoms with E-state index in [1.807, 2.05) is 6.92 Å². The van der Waals surface area contributed by atoms with Gasteiger partial charge in [-0.2, -0.15) is 4.31 Å². The van der Waals surface area contributed by atoms with Crippen molar-refractivity contribution in [2.75, 3.05) is 53.0 Å². The summed E-state index contributed by atoms with van der Waals surface area (Å²) in [5, 5.41) is 3.24. The van der Waals surface area contributed by atoms with Crippen LogP contribution in [-0.4, -0.2) is 82.6 Å². The number of rotatable bonds is 4. The molecule has 152 valence electrons. The van der Waals surface area contributed by atoms with Crippen LogP contribution in [0.25, 0.3) is 0 Å². The number of carbonyl (C=O) groups is 1. The molecule has 1 atom stereocenters. The number of nitrogens with one attached hydrogen (secondary N) is 1. The number of carbonyl (C=O) groups excluding carboxylic acids is 1. The molecule has 8 nitrogen and oxygen atoms in total. The summed E-state index contributed by atoms with van der Waals surface area (Å²) >= 11 is 0. The van der Waals surface area contributed by atoms with Crippen LogP contribution in [0.2, 0.25) is 0 Å². The zero-order valence-electron chi connectivity index (χ0n) is 15.5. The van der Waals surface area contributed by atoms with E-state index in [1.165, 1.54) is 17.5 Å². The van der Waals surface area contributed by atoms with Crippen LogP contribution < -0.4 is 10.1 Å². The number of halogens is 1. The standard InChI is InChI=1S/C17H25N3O5S.ClH/c1-13-12-18-5-6-20(13)17(21)14-3-4-15(24-2)16(11-14)26(22,23)19-7-9-25-10-8-19;/h3-4,11,13,18H,5-10,12H2,1-2H3;1H. The molecule has 0 spiro atoms. The predicted molar refractivity (Wildman–Crippen MR) is 103 cm³/mol. The summed E-state index contributed by atoms with van der Waals surface area (Å²) in [6, 6.07) is 4.65. The molecule has 0 bridgehead atoms. The first-order valence-electron chi connectivity index (χ1n) is 8.73. The summed E-state index contributed by atoms with van der Waals surface area (Å²) in [5.41, 5.74) is 0.353. The molecule has 2 fully saturated rings.